The quantitative estimate of drug-likeness (QED) is 0.773. The highest BCUT2D eigenvalue weighted by atomic mass is 19.1. The lowest BCUT2D eigenvalue weighted by molar-refractivity contribution is -0.121. The van der Waals surface area contributed by atoms with Crippen LogP contribution in [-0.4, -0.2) is 30.9 Å². The van der Waals surface area contributed by atoms with Crippen molar-refractivity contribution in [2.45, 2.75) is 32.6 Å². The molecule has 0 saturated heterocycles. The Bertz CT molecular complexity index is 943. The Morgan fingerprint density at radius 2 is 2.00 bits per heavy atom. The van der Waals surface area contributed by atoms with Crippen molar-refractivity contribution in [2.75, 3.05) is 23.4 Å². The van der Waals surface area contributed by atoms with Gasteiger partial charge in [0, 0.05) is 17.2 Å². The summed E-state index contributed by atoms with van der Waals surface area (Å²) in [5.41, 5.74) is 6.13. The number of hydrogen-bond acceptors (Lipinski definition) is 4. The molecule has 3 N–H and O–H groups in total. The van der Waals surface area contributed by atoms with E-state index in [1.54, 1.807) is 6.92 Å². The van der Waals surface area contributed by atoms with Crippen molar-refractivity contribution in [3.8, 4) is 17.6 Å². The summed E-state index contributed by atoms with van der Waals surface area (Å²) in [4.78, 5) is 37.8. The van der Waals surface area contributed by atoms with Gasteiger partial charge in [-0.3, -0.25) is 19.3 Å². The summed E-state index contributed by atoms with van der Waals surface area (Å²) in [6.07, 6.45) is 2.35. The van der Waals surface area contributed by atoms with Crippen molar-refractivity contribution in [3.05, 3.63) is 29.1 Å². The van der Waals surface area contributed by atoms with Crippen molar-refractivity contribution >= 4 is 29.1 Å². The predicted molar refractivity (Wildman–Crippen MR) is 101 cm³/mol. The molecule has 1 aromatic carbocycles. The maximum absolute atomic E-state index is 14.5. The number of halogens is 1. The van der Waals surface area contributed by atoms with E-state index >= 15 is 0 Å². The number of carbonyl (C=O) groups excluding carboxylic acids is 3. The van der Waals surface area contributed by atoms with Crippen LogP contribution in [0, 0.1) is 17.7 Å². The van der Waals surface area contributed by atoms with Crippen LogP contribution in [0.3, 0.4) is 0 Å². The zero-order valence-corrected chi connectivity index (χ0v) is 15.4. The number of anilines is 2. The van der Waals surface area contributed by atoms with Crippen molar-refractivity contribution in [1.29, 1.82) is 0 Å². The third kappa shape index (κ3) is 3.83. The maximum Gasteiger partial charge on any atom is 0.265 e. The number of primary amides is 1. The molecule has 0 bridgehead atoms. The molecule has 0 aromatic heterocycles. The van der Waals surface area contributed by atoms with Gasteiger partial charge in [-0.15, -0.1) is 5.92 Å². The van der Waals surface area contributed by atoms with E-state index < -0.39 is 17.6 Å². The monoisotopic (exact) mass is 385 g/mol. The average Bonchev–Trinajstić information content (AvgIpc) is 2.68. The van der Waals surface area contributed by atoms with Crippen LogP contribution in [0.25, 0.3) is 0 Å². The van der Waals surface area contributed by atoms with Crippen LogP contribution in [0.15, 0.2) is 23.3 Å². The smallest absolute Gasteiger partial charge is 0.265 e. The highest BCUT2D eigenvalue weighted by Gasteiger charge is 2.28. The number of amides is 3. The Morgan fingerprint density at radius 1 is 1.29 bits per heavy atom. The predicted octanol–water partition coefficient (Wildman–Crippen LogP) is 1.87. The first-order valence-electron chi connectivity index (χ1n) is 8.92. The van der Waals surface area contributed by atoms with E-state index in [4.69, 9.17) is 10.5 Å². The van der Waals surface area contributed by atoms with E-state index in [1.165, 1.54) is 11.0 Å². The van der Waals surface area contributed by atoms with E-state index in [0.29, 0.717) is 18.5 Å². The SMILES string of the molecule is CC#CCN1C(=O)COc2cc(F)c(NC(=O)C3=C(C(N)=O)CCCC3)cc21. The highest BCUT2D eigenvalue weighted by Crippen LogP contribution is 2.37. The van der Waals surface area contributed by atoms with Crippen LogP contribution >= 0.6 is 0 Å². The summed E-state index contributed by atoms with van der Waals surface area (Å²) in [5, 5.41) is 2.50. The lowest BCUT2D eigenvalue weighted by Crippen LogP contribution is -2.39. The molecule has 0 fully saturated rings. The van der Waals surface area contributed by atoms with Crippen LogP contribution in [0.2, 0.25) is 0 Å². The molecule has 0 radical (unpaired) electrons. The molecule has 8 heteroatoms. The van der Waals surface area contributed by atoms with Crippen LogP contribution in [0.4, 0.5) is 15.8 Å². The normalized spacial score (nSPS) is 15.9. The van der Waals surface area contributed by atoms with E-state index in [9.17, 15) is 18.8 Å². The van der Waals surface area contributed by atoms with E-state index in [1.807, 2.05) is 0 Å². The van der Waals surface area contributed by atoms with Crippen molar-refractivity contribution in [2.24, 2.45) is 5.73 Å². The summed E-state index contributed by atoms with van der Waals surface area (Å²) in [5.74, 6) is 3.46. The van der Waals surface area contributed by atoms with Crippen LogP contribution in [0.5, 0.6) is 5.75 Å². The van der Waals surface area contributed by atoms with Gasteiger partial charge in [0.05, 0.1) is 17.9 Å². The number of nitrogens with two attached hydrogens (primary N) is 1. The van der Waals surface area contributed by atoms with Crippen molar-refractivity contribution in [3.63, 3.8) is 0 Å². The standard InChI is InChI=1S/C20H20FN3O4/c1-2-3-8-24-16-10-15(14(21)9-17(16)28-11-18(24)25)23-20(27)13-7-5-4-6-12(13)19(22)26/h9-10H,4-8,11H2,1H3,(H2,22,26)(H,23,27). The summed E-state index contributed by atoms with van der Waals surface area (Å²) < 4.78 is 19.8. The zero-order valence-electron chi connectivity index (χ0n) is 15.4. The van der Waals surface area contributed by atoms with Gasteiger partial charge in [-0.1, -0.05) is 5.92 Å². The number of ether oxygens (including phenoxy) is 1. The number of rotatable bonds is 4. The number of carbonyl (C=O) groups is 3. The van der Waals surface area contributed by atoms with E-state index in [0.717, 1.165) is 18.9 Å². The van der Waals surface area contributed by atoms with Crippen LogP contribution in [-0.2, 0) is 14.4 Å². The summed E-state index contributed by atoms with van der Waals surface area (Å²) in [7, 11) is 0. The fourth-order valence-electron chi connectivity index (χ4n) is 3.27. The molecule has 146 valence electrons. The minimum atomic E-state index is -0.708. The zero-order chi connectivity index (χ0) is 20.3. The van der Waals surface area contributed by atoms with Gasteiger partial charge in [0.15, 0.2) is 12.4 Å². The third-order valence-electron chi connectivity index (χ3n) is 4.69. The largest absolute Gasteiger partial charge is 0.481 e. The summed E-state index contributed by atoms with van der Waals surface area (Å²) >= 11 is 0. The Labute approximate surface area is 161 Å². The average molecular weight is 385 g/mol. The maximum atomic E-state index is 14.5. The fraction of sp³-hybridized carbons (Fsp3) is 0.350. The van der Waals surface area contributed by atoms with Gasteiger partial charge in [0.25, 0.3) is 11.8 Å². The molecule has 0 saturated carbocycles. The first-order chi connectivity index (χ1) is 13.4. The minimum Gasteiger partial charge on any atom is -0.481 e. The molecule has 1 aliphatic carbocycles. The number of fused-ring (bicyclic) bond motifs is 1. The van der Waals surface area contributed by atoms with Gasteiger partial charge >= 0.3 is 0 Å². The molecule has 7 nitrogen and oxygen atoms in total. The molecule has 0 atom stereocenters. The first-order valence-corrected chi connectivity index (χ1v) is 8.92. The second kappa shape index (κ2) is 8.13. The van der Waals surface area contributed by atoms with Gasteiger partial charge in [-0.2, -0.15) is 0 Å². The summed E-state index contributed by atoms with van der Waals surface area (Å²) in [6, 6.07) is 2.46. The molecular formula is C20H20FN3O4. The Morgan fingerprint density at radius 3 is 2.68 bits per heavy atom. The Balaban J connectivity index is 1.93. The van der Waals surface area contributed by atoms with E-state index in [2.05, 4.69) is 17.2 Å². The fourth-order valence-corrected chi connectivity index (χ4v) is 3.27. The second-order valence-electron chi connectivity index (χ2n) is 6.48. The highest BCUT2D eigenvalue weighted by molar-refractivity contribution is 6.10. The van der Waals surface area contributed by atoms with Crippen molar-refractivity contribution < 1.29 is 23.5 Å². The molecule has 1 heterocycles. The molecule has 3 amide bonds. The molecule has 0 unspecified atom stereocenters. The number of hydrogen-bond donors (Lipinski definition) is 2. The second-order valence-corrected chi connectivity index (χ2v) is 6.48. The topological polar surface area (TPSA) is 102 Å². The van der Waals surface area contributed by atoms with Gasteiger partial charge in [-0.25, -0.2) is 4.39 Å². The molecule has 3 rings (SSSR count). The third-order valence-corrected chi connectivity index (χ3v) is 4.69. The molecule has 2 aliphatic rings. The minimum absolute atomic E-state index is 0.113. The number of nitrogens with zero attached hydrogens (tertiary/aromatic N) is 1. The van der Waals surface area contributed by atoms with Gasteiger partial charge in [-0.05, 0) is 38.7 Å². The number of benzene rings is 1. The van der Waals surface area contributed by atoms with Crippen LogP contribution in [0.1, 0.15) is 32.6 Å². The van der Waals surface area contributed by atoms with Gasteiger partial charge in [0.1, 0.15) is 5.75 Å². The Hall–Kier alpha value is -3.34. The summed E-state index contributed by atoms with van der Waals surface area (Å²) in [6.45, 7) is 1.57. The van der Waals surface area contributed by atoms with Gasteiger partial charge < -0.3 is 15.8 Å². The Kier molecular flexibility index (Phi) is 5.64. The van der Waals surface area contributed by atoms with E-state index in [-0.39, 0.29) is 41.6 Å². The first kappa shape index (κ1) is 19.4. The molecule has 28 heavy (non-hydrogen) atoms. The lowest BCUT2D eigenvalue weighted by atomic mass is 9.90. The molecular weight excluding hydrogens is 365 g/mol. The van der Waals surface area contributed by atoms with Gasteiger partial charge in [0.2, 0.25) is 5.91 Å². The van der Waals surface area contributed by atoms with Crippen molar-refractivity contribution in [1.82, 2.24) is 0 Å². The molecule has 0 spiro atoms. The van der Waals surface area contributed by atoms with Crippen LogP contribution < -0.4 is 20.7 Å². The lowest BCUT2D eigenvalue weighted by Gasteiger charge is -2.28. The number of nitrogens with one attached hydrogen (secondary N) is 1. The molecule has 1 aromatic rings. The molecule has 1 aliphatic heterocycles.